The first kappa shape index (κ1) is 19.8. The van der Waals surface area contributed by atoms with Gasteiger partial charge in [0.1, 0.15) is 36.9 Å². The highest BCUT2D eigenvalue weighted by Crippen LogP contribution is 2.48. The van der Waals surface area contributed by atoms with Gasteiger partial charge in [0.15, 0.2) is 0 Å². The zero-order valence-electron chi connectivity index (χ0n) is 18.2. The molecular formula is C28H28O4. The van der Waals surface area contributed by atoms with Crippen molar-refractivity contribution in [3.8, 4) is 11.5 Å². The van der Waals surface area contributed by atoms with Crippen molar-refractivity contribution >= 4 is 0 Å². The van der Waals surface area contributed by atoms with Crippen LogP contribution < -0.4 is 9.47 Å². The van der Waals surface area contributed by atoms with Crippen LogP contribution in [0, 0.1) is 0 Å². The highest BCUT2D eigenvalue weighted by atomic mass is 16.6. The number of hydrogen-bond donors (Lipinski definition) is 0. The molecule has 164 valence electrons. The molecule has 1 aliphatic carbocycles. The van der Waals surface area contributed by atoms with Gasteiger partial charge in [-0.15, -0.1) is 0 Å². The quantitative estimate of drug-likeness (QED) is 0.478. The molecule has 6 rings (SSSR count). The molecule has 0 radical (unpaired) electrons. The molecule has 2 heterocycles. The van der Waals surface area contributed by atoms with Crippen LogP contribution in [0.3, 0.4) is 0 Å². The zero-order chi connectivity index (χ0) is 21.4. The topological polar surface area (TPSA) is 43.5 Å². The maximum Gasteiger partial charge on any atom is 0.119 e. The second kappa shape index (κ2) is 8.27. The number of epoxide rings is 2. The molecule has 4 heteroatoms. The molecule has 0 bridgehead atoms. The predicted molar refractivity (Wildman–Crippen MR) is 123 cm³/mol. The van der Waals surface area contributed by atoms with Gasteiger partial charge in [0.25, 0.3) is 0 Å². The van der Waals surface area contributed by atoms with Crippen molar-refractivity contribution in [3.05, 3.63) is 95.1 Å². The molecule has 32 heavy (non-hydrogen) atoms. The van der Waals surface area contributed by atoms with E-state index in [1.807, 2.05) is 0 Å². The van der Waals surface area contributed by atoms with Crippen molar-refractivity contribution < 1.29 is 18.9 Å². The molecular weight excluding hydrogens is 400 g/mol. The fourth-order valence-corrected chi connectivity index (χ4v) is 4.98. The third kappa shape index (κ3) is 3.89. The van der Waals surface area contributed by atoms with Crippen LogP contribution in [0.1, 0.15) is 35.1 Å². The summed E-state index contributed by atoms with van der Waals surface area (Å²) in [7, 11) is 0. The van der Waals surface area contributed by atoms with E-state index >= 15 is 0 Å². The Morgan fingerprint density at radius 3 is 1.78 bits per heavy atom. The van der Waals surface area contributed by atoms with E-state index in [4.69, 9.17) is 18.9 Å². The largest absolute Gasteiger partial charge is 0.491 e. The minimum absolute atomic E-state index is 0.175. The summed E-state index contributed by atoms with van der Waals surface area (Å²) in [5.74, 6) is 1.80. The molecule has 0 spiro atoms. The Balaban J connectivity index is 1.36. The maximum absolute atomic E-state index is 5.90. The summed E-state index contributed by atoms with van der Waals surface area (Å²) < 4.78 is 22.3. The van der Waals surface area contributed by atoms with E-state index in [0.717, 1.165) is 44.0 Å². The van der Waals surface area contributed by atoms with Gasteiger partial charge in [-0.05, 0) is 65.8 Å². The highest BCUT2D eigenvalue weighted by molar-refractivity contribution is 5.55. The first-order valence-electron chi connectivity index (χ1n) is 11.6. The van der Waals surface area contributed by atoms with E-state index in [-0.39, 0.29) is 17.6 Å². The summed E-state index contributed by atoms with van der Waals surface area (Å²) in [5, 5.41) is 0. The number of hydrogen-bond acceptors (Lipinski definition) is 4. The van der Waals surface area contributed by atoms with E-state index in [2.05, 4.69) is 72.8 Å². The van der Waals surface area contributed by atoms with E-state index in [0.29, 0.717) is 13.2 Å². The summed E-state index contributed by atoms with van der Waals surface area (Å²) in [6.07, 6.45) is 3.89. The molecule has 0 saturated carbocycles. The summed E-state index contributed by atoms with van der Waals surface area (Å²) in [5.41, 5.74) is 5.28. The predicted octanol–water partition coefficient (Wildman–Crippen LogP) is 4.91. The molecule has 3 aliphatic rings. The van der Waals surface area contributed by atoms with Gasteiger partial charge in [0, 0.05) is 5.41 Å². The molecule has 0 amide bonds. The summed E-state index contributed by atoms with van der Waals surface area (Å²) in [6.45, 7) is 2.87. The lowest BCUT2D eigenvalue weighted by molar-refractivity contribution is 0.263. The van der Waals surface area contributed by atoms with Crippen LogP contribution in [0.4, 0.5) is 0 Å². The maximum atomic E-state index is 5.90. The van der Waals surface area contributed by atoms with Crippen LogP contribution in [0.25, 0.3) is 0 Å². The number of fused-ring (bicyclic) bond motifs is 1. The second-order valence-electron chi connectivity index (χ2n) is 9.00. The lowest BCUT2D eigenvalue weighted by atomic mass is 9.62. The Bertz CT molecular complexity index is 1010. The van der Waals surface area contributed by atoms with E-state index in [1.54, 1.807) is 0 Å². The Morgan fingerprint density at radius 2 is 1.25 bits per heavy atom. The molecule has 3 aromatic carbocycles. The van der Waals surface area contributed by atoms with Gasteiger partial charge in [0.05, 0.1) is 13.2 Å². The van der Waals surface area contributed by atoms with E-state index < -0.39 is 0 Å². The number of aryl methyl sites for hydroxylation is 1. The van der Waals surface area contributed by atoms with Crippen molar-refractivity contribution in [1.29, 1.82) is 0 Å². The molecule has 0 N–H and O–H groups in total. The first-order valence-corrected chi connectivity index (χ1v) is 11.6. The lowest BCUT2D eigenvalue weighted by Gasteiger charge is -2.40. The monoisotopic (exact) mass is 428 g/mol. The van der Waals surface area contributed by atoms with Crippen molar-refractivity contribution in [2.24, 2.45) is 0 Å². The van der Waals surface area contributed by atoms with E-state index in [9.17, 15) is 0 Å². The Morgan fingerprint density at radius 1 is 0.719 bits per heavy atom. The number of ether oxygens (including phenoxy) is 4. The van der Waals surface area contributed by atoms with Gasteiger partial charge in [0.2, 0.25) is 0 Å². The average molecular weight is 429 g/mol. The van der Waals surface area contributed by atoms with Crippen molar-refractivity contribution in [3.63, 3.8) is 0 Å². The summed E-state index contributed by atoms with van der Waals surface area (Å²) in [6, 6.07) is 26.3. The molecule has 3 aromatic rings. The Hall–Kier alpha value is -2.82. The third-order valence-electron chi connectivity index (χ3n) is 6.85. The van der Waals surface area contributed by atoms with Crippen LogP contribution in [-0.2, 0) is 21.3 Å². The minimum Gasteiger partial charge on any atom is -0.491 e. The molecule has 2 fully saturated rings. The number of rotatable bonds is 8. The van der Waals surface area contributed by atoms with Crippen LogP contribution >= 0.6 is 0 Å². The van der Waals surface area contributed by atoms with E-state index in [1.165, 1.54) is 22.3 Å². The van der Waals surface area contributed by atoms with Crippen molar-refractivity contribution in [2.75, 3.05) is 26.4 Å². The standard InChI is InChI=1S/C28H28O4/c1-2-6-27-20(4-1)5-3-15-28(27,21-7-11-23(12-8-21)29-16-25-18-31-25)22-9-13-24(14-10-22)30-17-26-19-32-26/h1-2,4,6-14,25-26H,3,5,15-19H2. The van der Waals surface area contributed by atoms with Crippen LogP contribution in [0.5, 0.6) is 11.5 Å². The van der Waals surface area contributed by atoms with Gasteiger partial charge in [-0.25, -0.2) is 0 Å². The molecule has 4 nitrogen and oxygen atoms in total. The van der Waals surface area contributed by atoms with Crippen LogP contribution in [0.2, 0.25) is 0 Å². The Kier molecular flexibility index (Phi) is 5.12. The van der Waals surface area contributed by atoms with Crippen molar-refractivity contribution in [1.82, 2.24) is 0 Å². The molecule has 2 aliphatic heterocycles. The van der Waals surface area contributed by atoms with Gasteiger partial charge < -0.3 is 18.9 Å². The van der Waals surface area contributed by atoms with Gasteiger partial charge >= 0.3 is 0 Å². The smallest absolute Gasteiger partial charge is 0.119 e. The fourth-order valence-electron chi connectivity index (χ4n) is 4.98. The SMILES string of the molecule is c1ccc2c(c1)CCCC2(c1ccc(OCC2CO2)cc1)c1ccc(OCC2CO2)cc1. The first-order chi connectivity index (χ1) is 15.8. The third-order valence-corrected chi connectivity index (χ3v) is 6.85. The average Bonchev–Trinajstić information content (AvgIpc) is 3.77. The molecule has 2 unspecified atom stereocenters. The zero-order valence-corrected chi connectivity index (χ0v) is 18.2. The van der Waals surface area contributed by atoms with Crippen molar-refractivity contribution in [2.45, 2.75) is 36.9 Å². The van der Waals surface area contributed by atoms with Gasteiger partial charge in [-0.3, -0.25) is 0 Å². The van der Waals surface area contributed by atoms with Crippen LogP contribution in [0.15, 0.2) is 72.8 Å². The number of benzene rings is 3. The highest BCUT2D eigenvalue weighted by Gasteiger charge is 2.39. The lowest BCUT2D eigenvalue weighted by Crippen LogP contribution is -2.33. The normalized spacial score (nSPS) is 25.6. The molecule has 2 atom stereocenters. The fraction of sp³-hybridized carbons (Fsp3) is 0.357. The second-order valence-corrected chi connectivity index (χ2v) is 9.00. The minimum atomic E-state index is -0.175. The summed E-state index contributed by atoms with van der Waals surface area (Å²) in [4.78, 5) is 0. The molecule has 0 aromatic heterocycles. The van der Waals surface area contributed by atoms with Gasteiger partial charge in [-0.2, -0.15) is 0 Å². The summed E-state index contributed by atoms with van der Waals surface area (Å²) >= 11 is 0. The van der Waals surface area contributed by atoms with Crippen LogP contribution in [-0.4, -0.2) is 38.6 Å². The van der Waals surface area contributed by atoms with Gasteiger partial charge in [-0.1, -0.05) is 48.5 Å². The Labute approximate surface area is 189 Å². The molecule has 2 saturated heterocycles.